The predicted octanol–water partition coefficient (Wildman–Crippen LogP) is 2.16. The van der Waals surface area contributed by atoms with E-state index in [0.29, 0.717) is 35.4 Å². The van der Waals surface area contributed by atoms with Gasteiger partial charge in [0.05, 0.1) is 29.9 Å². The van der Waals surface area contributed by atoms with E-state index in [4.69, 9.17) is 9.47 Å². The van der Waals surface area contributed by atoms with Crippen LogP contribution < -0.4 is 5.56 Å². The summed E-state index contributed by atoms with van der Waals surface area (Å²) in [5, 5.41) is 0. The van der Waals surface area contributed by atoms with Crippen LogP contribution in [-0.2, 0) is 9.47 Å². The lowest BCUT2D eigenvalue weighted by atomic mass is 9.99. The van der Waals surface area contributed by atoms with Crippen LogP contribution in [0.2, 0.25) is 0 Å². The van der Waals surface area contributed by atoms with E-state index in [9.17, 15) is 9.59 Å². The lowest BCUT2D eigenvalue weighted by molar-refractivity contribution is 0.0600. The van der Waals surface area contributed by atoms with Crippen molar-refractivity contribution in [3.63, 3.8) is 0 Å². The van der Waals surface area contributed by atoms with Gasteiger partial charge in [-0.05, 0) is 37.5 Å². The Morgan fingerprint density at radius 3 is 2.80 bits per heavy atom. The molecule has 0 bridgehead atoms. The highest BCUT2D eigenvalue weighted by atomic mass is 16.5. The van der Waals surface area contributed by atoms with E-state index in [0.717, 1.165) is 24.2 Å². The topological polar surface area (TPSA) is 85.7 Å². The summed E-state index contributed by atoms with van der Waals surface area (Å²) < 4.78 is 12.2. The molecule has 3 heterocycles. The number of H-pyrrole nitrogens is 1. The largest absolute Gasteiger partial charge is 0.465 e. The molecule has 25 heavy (non-hydrogen) atoms. The lowest BCUT2D eigenvalue weighted by Gasteiger charge is -2.21. The first-order valence-corrected chi connectivity index (χ1v) is 8.31. The van der Waals surface area contributed by atoms with E-state index in [1.807, 2.05) is 10.5 Å². The number of aromatic amines is 1. The van der Waals surface area contributed by atoms with Gasteiger partial charge in [-0.3, -0.25) is 9.20 Å². The molecule has 1 N–H and O–H groups in total. The number of benzene rings is 1. The van der Waals surface area contributed by atoms with Crippen LogP contribution in [0, 0.1) is 6.92 Å². The summed E-state index contributed by atoms with van der Waals surface area (Å²) in [6.07, 6.45) is 3.38. The van der Waals surface area contributed by atoms with Gasteiger partial charge in [0.15, 0.2) is 0 Å². The normalized spacial score (nSPS) is 15.8. The Labute approximate surface area is 143 Å². The molecule has 1 saturated heterocycles. The second-order valence-electron chi connectivity index (χ2n) is 6.30. The summed E-state index contributed by atoms with van der Waals surface area (Å²) in [6, 6.07) is 3.57. The van der Waals surface area contributed by atoms with Crippen molar-refractivity contribution in [1.82, 2.24) is 14.4 Å². The van der Waals surface area contributed by atoms with Gasteiger partial charge in [0.25, 0.3) is 5.56 Å². The Bertz CT molecular complexity index is 1030. The van der Waals surface area contributed by atoms with Crippen LogP contribution in [0.15, 0.2) is 23.1 Å². The van der Waals surface area contributed by atoms with Crippen LogP contribution in [0.1, 0.15) is 40.5 Å². The Morgan fingerprint density at radius 2 is 2.08 bits per heavy atom. The molecular formula is C18H19N3O4. The van der Waals surface area contributed by atoms with Gasteiger partial charge in [-0.1, -0.05) is 0 Å². The van der Waals surface area contributed by atoms with E-state index < -0.39 is 5.97 Å². The van der Waals surface area contributed by atoms with Gasteiger partial charge in [-0.15, -0.1) is 0 Å². The molecule has 0 saturated carbocycles. The van der Waals surface area contributed by atoms with Gasteiger partial charge in [-0.2, -0.15) is 0 Å². The molecule has 7 heteroatoms. The van der Waals surface area contributed by atoms with E-state index >= 15 is 0 Å². The zero-order valence-electron chi connectivity index (χ0n) is 14.2. The maximum Gasteiger partial charge on any atom is 0.338 e. The highest BCUT2D eigenvalue weighted by Gasteiger charge is 2.23. The number of nitrogens with one attached hydrogen (secondary N) is 1. The molecule has 1 fully saturated rings. The third-order valence-corrected chi connectivity index (χ3v) is 4.94. The number of carbonyl (C=O) groups excluding carboxylic acids is 1. The molecule has 0 radical (unpaired) electrons. The van der Waals surface area contributed by atoms with Crippen molar-refractivity contribution >= 4 is 22.5 Å². The summed E-state index contributed by atoms with van der Waals surface area (Å²) in [6.45, 7) is 3.21. The fourth-order valence-corrected chi connectivity index (χ4v) is 3.57. The number of carbonyl (C=O) groups is 1. The molecule has 0 amide bonds. The van der Waals surface area contributed by atoms with Crippen LogP contribution in [0.25, 0.3) is 16.6 Å². The molecule has 0 unspecified atom stereocenters. The summed E-state index contributed by atoms with van der Waals surface area (Å²) in [7, 11) is 1.34. The SMILES string of the molecule is COC(=O)c1ccc2c([nH]c(=O)c3cnc(C4CCOCC4)n32)c1C. The number of imidazole rings is 1. The van der Waals surface area contributed by atoms with Crippen LogP contribution in [0.4, 0.5) is 0 Å². The van der Waals surface area contributed by atoms with Gasteiger partial charge in [0.2, 0.25) is 0 Å². The fourth-order valence-electron chi connectivity index (χ4n) is 3.57. The number of esters is 1. The second-order valence-corrected chi connectivity index (χ2v) is 6.30. The van der Waals surface area contributed by atoms with Crippen molar-refractivity contribution in [3.05, 3.63) is 45.6 Å². The Balaban J connectivity index is 2.02. The van der Waals surface area contributed by atoms with Crippen molar-refractivity contribution in [3.8, 4) is 0 Å². The number of rotatable bonds is 2. The maximum absolute atomic E-state index is 12.5. The molecule has 4 rings (SSSR count). The minimum Gasteiger partial charge on any atom is -0.465 e. The third kappa shape index (κ3) is 2.42. The zero-order chi connectivity index (χ0) is 17.6. The fraction of sp³-hybridized carbons (Fsp3) is 0.389. The summed E-state index contributed by atoms with van der Waals surface area (Å²) >= 11 is 0. The average molecular weight is 341 g/mol. The standard InChI is InChI=1S/C18H19N3O4/c1-10-12(18(23)24-2)3-4-13-15(10)20-17(22)14-9-19-16(21(13)14)11-5-7-25-8-6-11/h3-4,9,11H,5-8H2,1-2H3,(H,20,22). The molecule has 130 valence electrons. The number of nitrogens with zero attached hydrogens (tertiary/aromatic N) is 2. The van der Waals surface area contributed by atoms with Gasteiger partial charge < -0.3 is 14.5 Å². The minimum absolute atomic E-state index is 0.219. The van der Waals surface area contributed by atoms with Crippen molar-refractivity contribution in [1.29, 1.82) is 0 Å². The molecule has 7 nitrogen and oxygen atoms in total. The van der Waals surface area contributed by atoms with Crippen molar-refractivity contribution in [2.45, 2.75) is 25.7 Å². The summed E-state index contributed by atoms with van der Waals surface area (Å²) in [4.78, 5) is 31.9. The molecule has 3 aromatic rings. The Hall–Kier alpha value is -2.67. The zero-order valence-corrected chi connectivity index (χ0v) is 14.2. The van der Waals surface area contributed by atoms with Gasteiger partial charge in [-0.25, -0.2) is 9.78 Å². The highest BCUT2D eigenvalue weighted by Crippen LogP contribution is 2.29. The van der Waals surface area contributed by atoms with Crippen molar-refractivity contribution in [2.24, 2.45) is 0 Å². The molecular weight excluding hydrogens is 322 g/mol. The third-order valence-electron chi connectivity index (χ3n) is 4.94. The van der Waals surface area contributed by atoms with Crippen LogP contribution in [0.5, 0.6) is 0 Å². The highest BCUT2D eigenvalue weighted by molar-refractivity contribution is 5.96. The predicted molar refractivity (Wildman–Crippen MR) is 92.2 cm³/mol. The number of aryl methyl sites for hydroxylation is 1. The molecule has 0 aliphatic carbocycles. The minimum atomic E-state index is -0.421. The van der Waals surface area contributed by atoms with Crippen LogP contribution in [-0.4, -0.2) is 40.7 Å². The monoisotopic (exact) mass is 341 g/mol. The quantitative estimate of drug-likeness (QED) is 0.722. The number of hydrogen-bond acceptors (Lipinski definition) is 5. The van der Waals surface area contributed by atoms with Crippen molar-refractivity contribution in [2.75, 3.05) is 20.3 Å². The number of aromatic nitrogens is 3. The smallest absolute Gasteiger partial charge is 0.338 e. The van der Waals surface area contributed by atoms with E-state index in [1.54, 1.807) is 19.2 Å². The molecule has 1 aliphatic heterocycles. The van der Waals surface area contributed by atoms with Gasteiger partial charge >= 0.3 is 5.97 Å². The molecule has 0 spiro atoms. The lowest BCUT2D eigenvalue weighted by Crippen LogP contribution is -2.18. The van der Waals surface area contributed by atoms with Crippen molar-refractivity contribution < 1.29 is 14.3 Å². The molecule has 2 aromatic heterocycles. The molecule has 1 aliphatic rings. The van der Waals surface area contributed by atoms with E-state index in [-0.39, 0.29) is 11.5 Å². The summed E-state index contributed by atoms with van der Waals surface area (Å²) in [5.41, 5.74) is 2.89. The number of fused-ring (bicyclic) bond motifs is 3. The number of methoxy groups -OCH3 is 1. The average Bonchev–Trinajstić information content (AvgIpc) is 3.09. The number of hydrogen-bond donors (Lipinski definition) is 1. The van der Waals surface area contributed by atoms with E-state index in [2.05, 4.69) is 9.97 Å². The number of ether oxygens (including phenoxy) is 2. The first-order valence-electron chi connectivity index (χ1n) is 8.31. The Kier molecular flexibility index (Phi) is 3.80. The maximum atomic E-state index is 12.5. The van der Waals surface area contributed by atoms with Crippen LogP contribution in [0.3, 0.4) is 0 Å². The first kappa shape index (κ1) is 15.8. The Morgan fingerprint density at radius 1 is 1.32 bits per heavy atom. The molecule has 1 aromatic carbocycles. The van der Waals surface area contributed by atoms with Gasteiger partial charge in [0, 0.05) is 19.1 Å². The first-order chi connectivity index (χ1) is 12.1. The summed E-state index contributed by atoms with van der Waals surface area (Å²) in [5.74, 6) is 0.706. The molecule has 0 atom stereocenters. The second kappa shape index (κ2) is 6.00. The van der Waals surface area contributed by atoms with E-state index in [1.165, 1.54) is 7.11 Å². The van der Waals surface area contributed by atoms with Gasteiger partial charge in [0.1, 0.15) is 11.3 Å². The van der Waals surface area contributed by atoms with Crippen LogP contribution >= 0.6 is 0 Å².